The Morgan fingerprint density at radius 3 is 2.26 bits per heavy atom. The lowest BCUT2D eigenvalue weighted by molar-refractivity contribution is -0.113. The van der Waals surface area contributed by atoms with Crippen LogP contribution in [0.15, 0.2) is 48.5 Å². The number of anilines is 1. The maximum absolute atomic E-state index is 12.3. The third-order valence-corrected chi connectivity index (χ3v) is 3.51. The molecule has 2 aromatic carbocycles. The number of methoxy groups -OCH3 is 2. The topological polar surface area (TPSA) is 38.8 Å². The largest absolute Gasteiger partial charge is 0.497 e. The molecule has 4 heteroatoms. The molecule has 0 saturated carbocycles. The van der Waals surface area contributed by atoms with Gasteiger partial charge in [0.15, 0.2) is 0 Å². The van der Waals surface area contributed by atoms with Gasteiger partial charge in [-0.3, -0.25) is 4.79 Å². The van der Waals surface area contributed by atoms with Crippen LogP contribution in [0.4, 0.5) is 5.69 Å². The molecule has 2 rings (SSSR count). The fourth-order valence-corrected chi connectivity index (χ4v) is 2.17. The normalized spacial score (nSPS) is 10.6. The van der Waals surface area contributed by atoms with Crippen LogP contribution in [0, 0.1) is 6.92 Å². The summed E-state index contributed by atoms with van der Waals surface area (Å²) in [6.07, 6.45) is 3.29. The van der Waals surface area contributed by atoms with E-state index in [9.17, 15) is 4.79 Å². The number of amides is 1. The van der Waals surface area contributed by atoms with Gasteiger partial charge < -0.3 is 14.4 Å². The fraction of sp³-hybridized carbons (Fsp3) is 0.211. The van der Waals surface area contributed by atoms with E-state index in [4.69, 9.17) is 9.47 Å². The first-order chi connectivity index (χ1) is 11.0. The third kappa shape index (κ3) is 4.36. The van der Waals surface area contributed by atoms with Gasteiger partial charge in [0.1, 0.15) is 11.5 Å². The van der Waals surface area contributed by atoms with E-state index in [-0.39, 0.29) is 5.91 Å². The van der Waals surface area contributed by atoms with E-state index in [1.54, 1.807) is 38.3 Å². The van der Waals surface area contributed by atoms with Gasteiger partial charge >= 0.3 is 0 Å². The second-order valence-corrected chi connectivity index (χ2v) is 5.22. The number of carbonyl (C=O) groups excluding carboxylic acids is 1. The monoisotopic (exact) mass is 311 g/mol. The first kappa shape index (κ1) is 16.6. The second kappa shape index (κ2) is 7.49. The number of rotatable bonds is 5. The molecule has 0 aliphatic carbocycles. The van der Waals surface area contributed by atoms with E-state index in [1.807, 2.05) is 43.3 Å². The molecule has 4 nitrogen and oxygen atoms in total. The highest BCUT2D eigenvalue weighted by Crippen LogP contribution is 2.23. The minimum atomic E-state index is -0.0996. The van der Waals surface area contributed by atoms with Gasteiger partial charge in [-0.05, 0) is 48.4 Å². The van der Waals surface area contributed by atoms with Crippen LogP contribution in [0.2, 0.25) is 0 Å². The first-order valence-corrected chi connectivity index (χ1v) is 7.29. The van der Waals surface area contributed by atoms with Crippen LogP contribution < -0.4 is 14.4 Å². The molecule has 0 N–H and O–H groups in total. The van der Waals surface area contributed by atoms with Crippen molar-refractivity contribution in [3.05, 3.63) is 59.7 Å². The number of likely N-dealkylation sites (N-methyl/N-ethyl adjacent to an activating group) is 1. The van der Waals surface area contributed by atoms with Crippen molar-refractivity contribution in [2.45, 2.75) is 6.92 Å². The van der Waals surface area contributed by atoms with Gasteiger partial charge in [-0.25, -0.2) is 0 Å². The van der Waals surface area contributed by atoms with Crippen LogP contribution in [0.25, 0.3) is 6.08 Å². The van der Waals surface area contributed by atoms with Crippen molar-refractivity contribution in [3.8, 4) is 11.5 Å². The van der Waals surface area contributed by atoms with Crippen molar-refractivity contribution in [2.24, 2.45) is 0 Å². The summed E-state index contributed by atoms with van der Waals surface area (Å²) >= 11 is 0. The summed E-state index contributed by atoms with van der Waals surface area (Å²) < 4.78 is 10.4. The number of benzene rings is 2. The minimum absolute atomic E-state index is 0.0996. The molecule has 0 unspecified atom stereocenters. The smallest absolute Gasteiger partial charge is 0.250 e. The van der Waals surface area contributed by atoms with Crippen LogP contribution in [-0.2, 0) is 4.79 Å². The molecule has 0 bridgehead atoms. The average Bonchev–Trinajstić information content (AvgIpc) is 2.58. The number of hydrogen-bond donors (Lipinski definition) is 0. The molecule has 0 fully saturated rings. The molecule has 23 heavy (non-hydrogen) atoms. The van der Waals surface area contributed by atoms with Crippen molar-refractivity contribution in [3.63, 3.8) is 0 Å². The Morgan fingerprint density at radius 1 is 1.04 bits per heavy atom. The number of nitrogens with zero attached hydrogens (tertiary/aromatic N) is 1. The van der Waals surface area contributed by atoms with Crippen molar-refractivity contribution in [2.75, 3.05) is 26.2 Å². The third-order valence-electron chi connectivity index (χ3n) is 3.51. The summed E-state index contributed by atoms with van der Waals surface area (Å²) in [5, 5.41) is 0. The summed E-state index contributed by atoms with van der Waals surface area (Å²) in [5.41, 5.74) is 2.82. The molecule has 1 amide bonds. The van der Waals surface area contributed by atoms with Crippen molar-refractivity contribution in [1.82, 2.24) is 0 Å². The van der Waals surface area contributed by atoms with E-state index in [2.05, 4.69) is 0 Å². The van der Waals surface area contributed by atoms with Gasteiger partial charge in [0.2, 0.25) is 0 Å². The zero-order valence-corrected chi connectivity index (χ0v) is 13.9. The second-order valence-electron chi connectivity index (χ2n) is 5.22. The lowest BCUT2D eigenvalue weighted by atomic mass is 10.1. The number of aryl methyl sites for hydroxylation is 1. The molecule has 0 aromatic heterocycles. The zero-order valence-electron chi connectivity index (χ0n) is 13.9. The van der Waals surface area contributed by atoms with Gasteiger partial charge in [0.05, 0.1) is 14.2 Å². The number of hydrogen-bond acceptors (Lipinski definition) is 3. The predicted octanol–water partition coefficient (Wildman–Crippen LogP) is 3.69. The molecule has 0 aliphatic rings. The summed E-state index contributed by atoms with van der Waals surface area (Å²) in [5.74, 6) is 1.27. The Bertz CT molecular complexity index is 700. The molecular formula is C19H21NO3. The Balaban J connectivity index is 2.17. The Hall–Kier alpha value is -2.75. The van der Waals surface area contributed by atoms with Gasteiger partial charge in [0.25, 0.3) is 5.91 Å². The molecule has 0 heterocycles. The van der Waals surface area contributed by atoms with E-state index in [0.717, 1.165) is 16.8 Å². The van der Waals surface area contributed by atoms with Crippen molar-refractivity contribution < 1.29 is 14.3 Å². The van der Waals surface area contributed by atoms with Crippen LogP contribution in [-0.4, -0.2) is 27.2 Å². The van der Waals surface area contributed by atoms with E-state index >= 15 is 0 Å². The van der Waals surface area contributed by atoms with Crippen molar-refractivity contribution >= 4 is 17.7 Å². The number of carbonyl (C=O) groups is 1. The van der Waals surface area contributed by atoms with Gasteiger partial charge in [-0.15, -0.1) is 0 Å². The molecular weight excluding hydrogens is 290 g/mol. The van der Waals surface area contributed by atoms with Crippen molar-refractivity contribution in [1.29, 1.82) is 0 Å². The van der Waals surface area contributed by atoms with Crippen LogP contribution in [0.1, 0.15) is 11.1 Å². The molecule has 0 atom stereocenters. The minimum Gasteiger partial charge on any atom is -0.497 e. The van der Waals surface area contributed by atoms with Crippen LogP contribution in [0.5, 0.6) is 11.5 Å². The summed E-state index contributed by atoms with van der Waals surface area (Å²) in [6, 6.07) is 13.3. The highest BCUT2D eigenvalue weighted by Gasteiger charge is 2.08. The lowest BCUT2D eigenvalue weighted by Crippen LogP contribution is -2.23. The summed E-state index contributed by atoms with van der Waals surface area (Å²) in [4.78, 5) is 13.9. The van der Waals surface area contributed by atoms with E-state index < -0.39 is 0 Å². The zero-order chi connectivity index (χ0) is 16.8. The predicted molar refractivity (Wildman–Crippen MR) is 93.2 cm³/mol. The van der Waals surface area contributed by atoms with Gasteiger partial charge in [-0.1, -0.05) is 12.1 Å². The van der Waals surface area contributed by atoms with Gasteiger partial charge in [0, 0.05) is 24.9 Å². The Morgan fingerprint density at radius 2 is 1.70 bits per heavy atom. The van der Waals surface area contributed by atoms with Crippen LogP contribution in [0.3, 0.4) is 0 Å². The average molecular weight is 311 g/mol. The molecule has 0 saturated heterocycles. The number of ether oxygens (including phenoxy) is 2. The molecule has 0 spiro atoms. The standard InChI is InChI=1S/C19H21NO3/c1-14-6-5-7-16(10-14)20(2)19(21)9-8-15-11-17(22-3)13-18(12-15)23-4/h5-13H,1-4H3. The summed E-state index contributed by atoms with van der Waals surface area (Å²) in [7, 11) is 4.95. The lowest BCUT2D eigenvalue weighted by Gasteiger charge is -2.15. The molecule has 0 aliphatic heterocycles. The molecule has 120 valence electrons. The van der Waals surface area contributed by atoms with Crippen LogP contribution >= 0.6 is 0 Å². The summed E-state index contributed by atoms with van der Waals surface area (Å²) in [6.45, 7) is 2.00. The highest BCUT2D eigenvalue weighted by molar-refractivity contribution is 6.03. The molecule has 2 aromatic rings. The molecule has 0 radical (unpaired) electrons. The Kier molecular flexibility index (Phi) is 5.41. The Labute approximate surface area is 137 Å². The fourth-order valence-electron chi connectivity index (χ4n) is 2.17. The maximum atomic E-state index is 12.3. The van der Waals surface area contributed by atoms with E-state index in [0.29, 0.717) is 11.5 Å². The first-order valence-electron chi connectivity index (χ1n) is 7.29. The maximum Gasteiger partial charge on any atom is 0.250 e. The van der Waals surface area contributed by atoms with Gasteiger partial charge in [-0.2, -0.15) is 0 Å². The SMILES string of the molecule is COc1cc(C=CC(=O)N(C)c2cccc(C)c2)cc(OC)c1. The van der Waals surface area contributed by atoms with E-state index in [1.165, 1.54) is 6.08 Å². The highest BCUT2D eigenvalue weighted by atomic mass is 16.5. The quantitative estimate of drug-likeness (QED) is 0.791.